The van der Waals surface area contributed by atoms with Crippen molar-refractivity contribution in [3.05, 3.63) is 40.3 Å². The molecule has 0 N–H and O–H groups in total. The van der Waals surface area contributed by atoms with Crippen molar-refractivity contribution >= 4 is 5.78 Å². The van der Waals surface area contributed by atoms with Gasteiger partial charge in [0.25, 0.3) is 0 Å². The van der Waals surface area contributed by atoms with Crippen molar-refractivity contribution in [2.45, 2.75) is 31.2 Å². The molecular formula is C12H11F2NO2. The molecule has 3 nitrogen and oxygen atoms in total. The molecule has 1 aromatic carbocycles. The van der Waals surface area contributed by atoms with Gasteiger partial charge in [-0.15, -0.1) is 4.91 Å². The lowest BCUT2D eigenvalue weighted by Crippen LogP contribution is -2.38. The Hall–Kier alpha value is -1.65. The maximum atomic E-state index is 13.6. The summed E-state index contributed by atoms with van der Waals surface area (Å²) in [5.74, 6) is -2.28. The highest BCUT2D eigenvalue weighted by Gasteiger charge is 2.46. The SMILES string of the molecule is O=NC1(c2c(F)cccc2F)CCCCC1=O. The van der Waals surface area contributed by atoms with E-state index in [1.165, 1.54) is 6.07 Å². The maximum Gasteiger partial charge on any atom is 0.191 e. The van der Waals surface area contributed by atoms with E-state index in [2.05, 4.69) is 5.18 Å². The average Bonchev–Trinajstić information content (AvgIpc) is 2.31. The van der Waals surface area contributed by atoms with Gasteiger partial charge in [-0.25, -0.2) is 8.78 Å². The molecule has 0 saturated heterocycles. The van der Waals surface area contributed by atoms with E-state index < -0.39 is 28.5 Å². The van der Waals surface area contributed by atoms with Gasteiger partial charge in [-0.1, -0.05) is 11.2 Å². The van der Waals surface area contributed by atoms with Gasteiger partial charge in [0, 0.05) is 6.42 Å². The van der Waals surface area contributed by atoms with Crippen LogP contribution < -0.4 is 0 Å². The highest BCUT2D eigenvalue weighted by atomic mass is 19.1. The minimum atomic E-state index is -1.87. The fraction of sp³-hybridized carbons (Fsp3) is 0.417. The van der Waals surface area contributed by atoms with E-state index >= 15 is 0 Å². The van der Waals surface area contributed by atoms with E-state index in [-0.39, 0.29) is 12.8 Å². The van der Waals surface area contributed by atoms with E-state index in [9.17, 15) is 18.5 Å². The molecule has 1 saturated carbocycles. The second-order valence-electron chi connectivity index (χ2n) is 4.18. The summed E-state index contributed by atoms with van der Waals surface area (Å²) in [6.45, 7) is 0. The number of ketones is 1. The molecule has 5 heteroatoms. The molecule has 17 heavy (non-hydrogen) atoms. The van der Waals surface area contributed by atoms with Crippen LogP contribution in [0.25, 0.3) is 0 Å². The Bertz CT molecular complexity index is 455. The molecular weight excluding hydrogens is 228 g/mol. The summed E-state index contributed by atoms with van der Waals surface area (Å²) in [5, 5.41) is 2.77. The molecule has 1 aromatic rings. The maximum absolute atomic E-state index is 13.6. The van der Waals surface area contributed by atoms with Gasteiger partial charge in [0.2, 0.25) is 0 Å². The van der Waals surface area contributed by atoms with Gasteiger partial charge in [-0.3, -0.25) is 4.79 Å². The van der Waals surface area contributed by atoms with Crippen LogP contribution in [0.4, 0.5) is 8.78 Å². The van der Waals surface area contributed by atoms with Gasteiger partial charge < -0.3 is 0 Å². The Labute approximate surface area is 96.8 Å². The summed E-state index contributed by atoms with van der Waals surface area (Å²) >= 11 is 0. The molecule has 1 fully saturated rings. The third-order valence-electron chi connectivity index (χ3n) is 3.19. The Balaban J connectivity index is 2.62. The van der Waals surface area contributed by atoms with Gasteiger partial charge in [0.15, 0.2) is 11.3 Å². The monoisotopic (exact) mass is 239 g/mol. The first-order valence-corrected chi connectivity index (χ1v) is 5.44. The lowest BCUT2D eigenvalue weighted by Gasteiger charge is -2.29. The van der Waals surface area contributed by atoms with E-state index in [1.54, 1.807) is 0 Å². The van der Waals surface area contributed by atoms with Gasteiger partial charge in [0.05, 0.1) is 5.56 Å². The summed E-state index contributed by atoms with van der Waals surface area (Å²) in [6, 6.07) is 3.26. The molecule has 1 atom stereocenters. The molecule has 0 amide bonds. The number of hydrogen-bond acceptors (Lipinski definition) is 3. The fourth-order valence-corrected chi connectivity index (χ4v) is 2.31. The Morgan fingerprint density at radius 2 is 1.82 bits per heavy atom. The number of carbonyl (C=O) groups is 1. The van der Waals surface area contributed by atoms with Gasteiger partial charge >= 0.3 is 0 Å². The quantitative estimate of drug-likeness (QED) is 0.744. The Kier molecular flexibility index (Phi) is 3.00. The van der Waals surface area contributed by atoms with E-state index in [1.807, 2.05) is 0 Å². The number of hydrogen-bond donors (Lipinski definition) is 0. The summed E-state index contributed by atoms with van der Waals surface area (Å²) in [5.41, 5.74) is -2.37. The molecule has 1 aliphatic carbocycles. The number of rotatable bonds is 2. The van der Waals surface area contributed by atoms with E-state index in [0.29, 0.717) is 12.8 Å². The lowest BCUT2D eigenvalue weighted by molar-refractivity contribution is -0.126. The predicted octanol–water partition coefficient (Wildman–Crippen LogP) is 3.07. The Morgan fingerprint density at radius 3 is 2.35 bits per heavy atom. The first-order valence-electron chi connectivity index (χ1n) is 5.44. The minimum absolute atomic E-state index is 0.0766. The van der Waals surface area contributed by atoms with Crippen LogP contribution >= 0.6 is 0 Å². The van der Waals surface area contributed by atoms with Crippen LogP contribution in [-0.4, -0.2) is 5.78 Å². The molecule has 0 radical (unpaired) electrons. The fourth-order valence-electron chi connectivity index (χ4n) is 2.31. The van der Waals surface area contributed by atoms with Crippen molar-refractivity contribution in [1.29, 1.82) is 0 Å². The van der Waals surface area contributed by atoms with Crippen LogP contribution in [0.2, 0.25) is 0 Å². The van der Waals surface area contributed by atoms with Crippen LogP contribution in [0.1, 0.15) is 31.2 Å². The second-order valence-corrected chi connectivity index (χ2v) is 4.18. The first kappa shape index (κ1) is 11.8. The molecule has 0 heterocycles. The smallest absolute Gasteiger partial charge is 0.191 e. The number of benzene rings is 1. The number of nitrogens with zero attached hydrogens (tertiary/aromatic N) is 1. The molecule has 1 unspecified atom stereocenters. The summed E-state index contributed by atoms with van der Waals surface area (Å²) < 4.78 is 27.3. The van der Waals surface area contributed by atoms with Crippen molar-refractivity contribution in [3.63, 3.8) is 0 Å². The van der Waals surface area contributed by atoms with Crippen molar-refractivity contribution in [1.82, 2.24) is 0 Å². The van der Waals surface area contributed by atoms with Crippen LogP contribution in [0, 0.1) is 16.5 Å². The summed E-state index contributed by atoms with van der Waals surface area (Å²) in [6.07, 6.45) is 1.41. The Morgan fingerprint density at radius 1 is 1.18 bits per heavy atom. The topological polar surface area (TPSA) is 46.5 Å². The second kappa shape index (κ2) is 4.31. The number of carbonyl (C=O) groups excluding carboxylic acids is 1. The number of halogens is 2. The predicted molar refractivity (Wildman–Crippen MR) is 57.3 cm³/mol. The normalized spacial score (nSPS) is 24.7. The van der Waals surface area contributed by atoms with Crippen molar-refractivity contribution in [2.24, 2.45) is 5.18 Å². The zero-order chi connectivity index (χ0) is 12.5. The summed E-state index contributed by atoms with van der Waals surface area (Å²) in [7, 11) is 0. The van der Waals surface area contributed by atoms with Gasteiger partial charge in [-0.2, -0.15) is 0 Å². The molecule has 0 spiro atoms. The highest BCUT2D eigenvalue weighted by molar-refractivity contribution is 5.90. The van der Waals surface area contributed by atoms with Crippen molar-refractivity contribution < 1.29 is 13.6 Å². The van der Waals surface area contributed by atoms with Crippen molar-refractivity contribution in [2.75, 3.05) is 0 Å². The highest BCUT2D eigenvalue weighted by Crippen LogP contribution is 2.40. The van der Waals surface area contributed by atoms with Crippen LogP contribution in [0.15, 0.2) is 23.4 Å². The standard InChI is InChI=1S/C12H11F2NO2/c13-8-4-3-5-9(14)11(8)12(15-17)7-2-1-6-10(12)16/h3-5H,1-2,6-7H2. The van der Waals surface area contributed by atoms with Gasteiger partial charge in [0.1, 0.15) is 11.6 Å². The molecule has 0 aromatic heterocycles. The minimum Gasteiger partial charge on any atom is -0.296 e. The number of Topliss-reactive ketones (excluding diaryl/α,β-unsaturated/α-hetero) is 1. The lowest BCUT2D eigenvalue weighted by atomic mass is 9.76. The zero-order valence-electron chi connectivity index (χ0n) is 9.08. The third-order valence-corrected chi connectivity index (χ3v) is 3.19. The van der Waals surface area contributed by atoms with Crippen LogP contribution in [0.5, 0.6) is 0 Å². The molecule has 0 bridgehead atoms. The van der Waals surface area contributed by atoms with Gasteiger partial charge in [-0.05, 0) is 31.4 Å². The van der Waals surface area contributed by atoms with Crippen LogP contribution in [-0.2, 0) is 10.3 Å². The molecule has 2 rings (SSSR count). The first-order chi connectivity index (χ1) is 8.12. The van der Waals surface area contributed by atoms with E-state index in [0.717, 1.165) is 12.1 Å². The largest absolute Gasteiger partial charge is 0.296 e. The zero-order valence-corrected chi connectivity index (χ0v) is 9.08. The van der Waals surface area contributed by atoms with Crippen molar-refractivity contribution in [3.8, 4) is 0 Å². The molecule has 90 valence electrons. The molecule has 1 aliphatic rings. The molecule has 0 aliphatic heterocycles. The third kappa shape index (κ3) is 1.75. The van der Waals surface area contributed by atoms with Crippen LogP contribution in [0.3, 0.4) is 0 Å². The summed E-state index contributed by atoms with van der Waals surface area (Å²) in [4.78, 5) is 22.8. The average molecular weight is 239 g/mol. The number of nitroso groups, excluding NO2 is 1. The van der Waals surface area contributed by atoms with E-state index in [4.69, 9.17) is 0 Å².